The zero-order valence-electron chi connectivity index (χ0n) is 7.38. The average Bonchev–Trinajstić information content (AvgIpc) is 2.54. The molecule has 14 heavy (non-hydrogen) atoms. The van der Waals surface area contributed by atoms with Crippen molar-refractivity contribution in [3.8, 4) is 0 Å². The standard InChI is InChI=1S/C6H10BF3O4/c8-6(9,10)5-11-1-2-12-7-13-3-4-14-7/h1-5H2. The van der Waals surface area contributed by atoms with E-state index >= 15 is 0 Å². The topological polar surface area (TPSA) is 36.9 Å². The maximum absolute atomic E-state index is 11.6. The van der Waals surface area contributed by atoms with Crippen LogP contribution in [0.4, 0.5) is 13.2 Å². The molecule has 1 aliphatic rings. The Bertz CT molecular complexity index is 160. The van der Waals surface area contributed by atoms with Crippen molar-refractivity contribution < 1.29 is 31.9 Å². The van der Waals surface area contributed by atoms with E-state index in [-0.39, 0.29) is 13.2 Å². The van der Waals surface area contributed by atoms with Gasteiger partial charge in [-0.05, 0) is 0 Å². The minimum absolute atomic E-state index is 0.0146. The Labute approximate surface area is 79.4 Å². The molecule has 0 aromatic heterocycles. The Hall–Kier alpha value is -0.305. The summed E-state index contributed by atoms with van der Waals surface area (Å²) in [4.78, 5) is 0. The molecule has 4 nitrogen and oxygen atoms in total. The van der Waals surface area contributed by atoms with Crippen molar-refractivity contribution in [2.45, 2.75) is 6.18 Å². The summed E-state index contributed by atoms with van der Waals surface area (Å²) >= 11 is 0. The third-order valence-corrected chi connectivity index (χ3v) is 1.34. The van der Waals surface area contributed by atoms with Gasteiger partial charge in [0.2, 0.25) is 0 Å². The van der Waals surface area contributed by atoms with Crippen molar-refractivity contribution >= 4 is 7.32 Å². The highest BCUT2D eigenvalue weighted by Gasteiger charge is 2.28. The molecule has 0 N–H and O–H groups in total. The number of hydrogen-bond donors (Lipinski definition) is 0. The fourth-order valence-electron chi connectivity index (χ4n) is 0.824. The molecule has 0 amide bonds. The van der Waals surface area contributed by atoms with Gasteiger partial charge in [-0.1, -0.05) is 0 Å². The van der Waals surface area contributed by atoms with Gasteiger partial charge in [0.15, 0.2) is 0 Å². The summed E-state index contributed by atoms with van der Waals surface area (Å²) in [5.74, 6) is 0. The molecule has 1 saturated heterocycles. The monoisotopic (exact) mass is 214 g/mol. The number of rotatable bonds is 5. The Morgan fingerprint density at radius 2 is 1.79 bits per heavy atom. The van der Waals surface area contributed by atoms with Gasteiger partial charge < -0.3 is 18.7 Å². The molecule has 0 bridgehead atoms. The first-order chi connectivity index (χ1) is 6.58. The van der Waals surface area contributed by atoms with Crippen molar-refractivity contribution in [1.29, 1.82) is 0 Å². The molecule has 1 rings (SSSR count). The summed E-state index contributed by atoms with van der Waals surface area (Å²) in [6, 6.07) is 0. The van der Waals surface area contributed by atoms with Gasteiger partial charge in [0, 0.05) is 0 Å². The second-order valence-corrected chi connectivity index (χ2v) is 2.57. The largest absolute Gasteiger partial charge is 0.639 e. The Morgan fingerprint density at radius 1 is 1.14 bits per heavy atom. The molecule has 0 saturated carbocycles. The molecule has 1 aliphatic heterocycles. The predicted molar refractivity (Wildman–Crippen MR) is 40.5 cm³/mol. The summed E-state index contributed by atoms with van der Waals surface area (Å²) in [6.45, 7) is -0.506. The molecule has 1 fully saturated rings. The minimum Gasteiger partial charge on any atom is -0.384 e. The molecule has 0 aromatic rings. The van der Waals surface area contributed by atoms with Gasteiger partial charge >= 0.3 is 13.5 Å². The highest BCUT2D eigenvalue weighted by atomic mass is 19.4. The van der Waals surface area contributed by atoms with Crippen molar-refractivity contribution in [3.63, 3.8) is 0 Å². The average molecular weight is 214 g/mol. The normalized spacial score (nSPS) is 17.8. The molecular formula is C6H10BF3O4. The maximum atomic E-state index is 11.6. The molecule has 0 radical (unpaired) electrons. The first-order valence-electron chi connectivity index (χ1n) is 4.07. The zero-order chi connectivity index (χ0) is 10.4. The van der Waals surface area contributed by atoms with Crippen LogP contribution < -0.4 is 0 Å². The van der Waals surface area contributed by atoms with Gasteiger partial charge in [-0.3, -0.25) is 0 Å². The first-order valence-corrected chi connectivity index (χ1v) is 4.07. The lowest BCUT2D eigenvalue weighted by atomic mass is 10.2. The first kappa shape index (κ1) is 11.8. The highest BCUT2D eigenvalue weighted by molar-refractivity contribution is 6.36. The van der Waals surface area contributed by atoms with Gasteiger partial charge in [0.1, 0.15) is 6.61 Å². The van der Waals surface area contributed by atoms with Crippen molar-refractivity contribution in [3.05, 3.63) is 0 Å². The van der Waals surface area contributed by atoms with Crippen molar-refractivity contribution in [1.82, 2.24) is 0 Å². The third-order valence-electron chi connectivity index (χ3n) is 1.34. The summed E-state index contributed by atoms with van der Waals surface area (Å²) in [7, 11) is -0.760. The lowest BCUT2D eigenvalue weighted by Gasteiger charge is -2.08. The van der Waals surface area contributed by atoms with Crippen molar-refractivity contribution in [2.24, 2.45) is 0 Å². The SMILES string of the molecule is FC(F)(F)COCCOB1OCCO1. The number of hydrogen-bond acceptors (Lipinski definition) is 4. The van der Waals surface area contributed by atoms with Crippen LogP contribution in [0.5, 0.6) is 0 Å². The van der Waals surface area contributed by atoms with E-state index in [1.807, 2.05) is 0 Å². The van der Waals surface area contributed by atoms with Crippen molar-refractivity contribution in [2.75, 3.05) is 33.0 Å². The zero-order valence-corrected chi connectivity index (χ0v) is 7.38. The van der Waals surface area contributed by atoms with E-state index in [0.717, 1.165) is 0 Å². The fraction of sp³-hybridized carbons (Fsp3) is 1.00. The molecule has 0 spiro atoms. The van der Waals surface area contributed by atoms with Crippen LogP contribution in [0, 0.1) is 0 Å². The van der Waals surface area contributed by atoms with E-state index in [1.54, 1.807) is 0 Å². The van der Waals surface area contributed by atoms with Gasteiger partial charge in [-0.2, -0.15) is 13.2 Å². The summed E-state index contributed by atoms with van der Waals surface area (Å²) in [5, 5.41) is 0. The van der Waals surface area contributed by atoms with E-state index in [2.05, 4.69) is 4.74 Å². The van der Waals surface area contributed by atoms with E-state index in [1.165, 1.54) is 0 Å². The second kappa shape index (κ2) is 5.55. The van der Waals surface area contributed by atoms with E-state index in [4.69, 9.17) is 14.0 Å². The number of alkyl halides is 3. The Kier molecular flexibility index (Phi) is 4.66. The van der Waals surface area contributed by atoms with Crippen LogP contribution in [0.25, 0.3) is 0 Å². The molecule has 8 heteroatoms. The summed E-state index contributed by atoms with van der Waals surface area (Å²) < 4.78 is 53.6. The molecule has 1 heterocycles. The van der Waals surface area contributed by atoms with E-state index in [0.29, 0.717) is 13.2 Å². The third kappa shape index (κ3) is 5.43. The van der Waals surface area contributed by atoms with Crippen LogP contribution in [0.1, 0.15) is 0 Å². The van der Waals surface area contributed by atoms with Gasteiger partial charge in [0.25, 0.3) is 0 Å². The van der Waals surface area contributed by atoms with Crippen LogP contribution in [0.3, 0.4) is 0 Å². The predicted octanol–water partition coefficient (Wildman–Crippen LogP) is 0.614. The summed E-state index contributed by atoms with van der Waals surface area (Å²) in [6.07, 6.45) is -4.29. The Morgan fingerprint density at radius 3 is 2.36 bits per heavy atom. The van der Waals surface area contributed by atoms with Gasteiger partial charge in [0.05, 0.1) is 26.4 Å². The van der Waals surface area contributed by atoms with Crippen LogP contribution in [-0.4, -0.2) is 46.5 Å². The molecule has 82 valence electrons. The van der Waals surface area contributed by atoms with Gasteiger partial charge in [-0.15, -0.1) is 0 Å². The minimum atomic E-state index is -4.29. The fourth-order valence-corrected chi connectivity index (χ4v) is 0.824. The van der Waals surface area contributed by atoms with Crippen LogP contribution in [-0.2, 0) is 18.7 Å². The van der Waals surface area contributed by atoms with Gasteiger partial charge in [-0.25, -0.2) is 0 Å². The quantitative estimate of drug-likeness (QED) is 0.496. The number of halogens is 3. The Balaban J connectivity index is 1.89. The molecule has 0 aromatic carbocycles. The maximum Gasteiger partial charge on any atom is 0.639 e. The number of ether oxygens (including phenoxy) is 1. The summed E-state index contributed by atoms with van der Waals surface area (Å²) in [5.41, 5.74) is 0. The van der Waals surface area contributed by atoms with Crippen LogP contribution >= 0.6 is 0 Å². The second-order valence-electron chi connectivity index (χ2n) is 2.57. The molecule has 0 aliphatic carbocycles. The molecular weight excluding hydrogens is 204 g/mol. The van der Waals surface area contributed by atoms with E-state index < -0.39 is 20.1 Å². The van der Waals surface area contributed by atoms with Crippen LogP contribution in [0.2, 0.25) is 0 Å². The highest BCUT2D eigenvalue weighted by Crippen LogP contribution is 2.14. The molecule has 0 unspecified atom stereocenters. The molecule has 0 atom stereocenters. The lowest BCUT2D eigenvalue weighted by Crippen LogP contribution is -2.24. The van der Waals surface area contributed by atoms with Crippen LogP contribution in [0.15, 0.2) is 0 Å². The lowest BCUT2D eigenvalue weighted by molar-refractivity contribution is -0.175. The smallest absolute Gasteiger partial charge is 0.384 e. The van der Waals surface area contributed by atoms with E-state index in [9.17, 15) is 13.2 Å².